The van der Waals surface area contributed by atoms with Crippen LogP contribution < -0.4 is 0 Å². The largest absolute Gasteiger partial charge is 0.465 e. The molecule has 1 rings (SSSR count). The lowest BCUT2D eigenvalue weighted by Gasteiger charge is -2.17. The smallest absolute Gasteiger partial charge is 0.340 e. The molecule has 5 heteroatoms. The fourth-order valence-electron chi connectivity index (χ4n) is 1.29. The number of esters is 1. The zero-order valence-electron chi connectivity index (χ0n) is 11.0. The number of hydrogen-bond acceptors (Lipinski definition) is 3. The van der Waals surface area contributed by atoms with E-state index in [4.69, 9.17) is 0 Å². The minimum atomic E-state index is -1.10. The number of ether oxygens (including phenoxy) is 1. The third-order valence-electron chi connectivity index (χ3n) is 2.42. The molecular weight excluding hydrogens is 255 g/mol. The summed E-state index contributed by atoms with van der Waals surface area (Å²) in [6.45, 7) is 5.59. The van der Waals surface area contributed by atoms with Gasteiger partial charge in [-0.25, -0.2) is 9.18 Å². The fraction of sp³-hybridized carbons (Fsp3) is 0.462. The second kappa shape index (κ2) is 5.61. The first-order valence-corrected chi connectivity index (χ1v) is 6.83. The molecule has 0 amide bonds. The van der Waals surface area contributed by atoms with Gasteiger partial charge in [0.25, 0.3) is 0 Å². The van der Waals surface area contributed by atoms with Gasteiger partial charge in [-0.3, -0.25) is 4.21 Å². The van der Waals surface area contributed by atoms with Crippen molar-refractivity contribution in [1.82, 2.24) is 0 Å². The van der Waals surface area contributed by atoms with Gasteiger partial charge in [0.05, 0.1) is 12.7 Å². The van der Waals surface area contributed by atoms with E-state index in [1.807, 2.05) is 20.8 Å². The molecule has 1 aromatic rings. The third-order valence-corrected chi connectivity index (χ3v) is 4.38. The van der Waals surface area contributed by atoms with Crippen LogP contribution >= 0.6 is 0 Å². The van der Waals surface area contributed by atoms with E-state index in [9.17, 15) is 13.4 Å². The van der Waals surface area contributed by atoms with Gasteiger partial charge in [0, 0.05) is 21.3 Å². The van der Waals surface area contributed by atoms with Gasteiger partial charge in [0.2, 0.25) is 0 Å². The Morgan fingerprint density at radius 2 is 2.00 bits per heavy atom. The van der Waals surface area contributed by atoms with Gasteiger partial charge in [-0.1, -0.05) is 6.07 Å². The van der Waals surface area contributed by atoms with Crippen molar-refractivity contribution in [2.75, 3.05) is 7.11 Å². The van der Waals surface area contributed by atoms with Gasteiger partial charge in [-0.05, 0) is 38.5 Å². The average Bonchev–Trinajstić information content (AvgIpc) is 2.27. The quantitative estimate of drug-likeness (QED) is 0.794. The van der Waals surface area contributed by atoms with Crippen LogP contribution in [0.2, 0.25) is 0 Å². The van der Waals surface area contributed by atoms with E-state index in [1.165, 1.54) is 19.2 Å². The Morgan fingerprint density at radius 1 is 1.39 bits per heavy atom. The molecule has 1 atom stereocenters. The van der Waals surface area contributed by atoms with Gasteiger partial charge < -0.3 is 4.74 Å². The molecule has 0 spiro atoms. The zero-order valence-corrected chi connectivity index (χ0v) is 11.8. The van der Waals surface area contributed by atoms with Crippen LogP contribution in [0, 0.1) is 5.82 Å². The summed E-state index contributed by atoms with van der Waals surface area (Å²) in [6, 6.07) is 4.19. The van der Waals surface area contributed by atoms with Crippen LogP contribution in [0.25, 0.3) is 0 Å². The molecule has 0 aromatic heterocycles. The van der Waals surface area contributed by atoms with Gasteiger partial charge in [-0.15, -0.1) is 0 Å². The zero-order chi connectivity index (χ0) is 13.9. The molecule has 100 valence electrons. The molecule has 0 aliphatic carbocycles. The Hall–Kier alpha value is -1.23. The van der Waals surface area contributed by atoms with Gasteiger partial charge in [0.1, 0.15) is 5.82 Å². The number of carbonyl (C=O) groups excluding carboxylic acids is 1. The monoisotopic (exact) mass is 272 g/mol. The Balaban J connectivity index is 2.92. The molecule has 0 aliphatic rings. The van der Waals surface area contributed by atoms with E-state index in [-0.39, 0.29) is 16.1 Å². The standard InChI is InChI=1S/C13H17FO3S/c1-13(2,3)18(16)8-9-5-6-10(11(14)7-9)12(15)17-4/h5-7H,8H2,1-4H3. The van der Waals surface area contributed by atoms with E-state index in [0.29, 0.717) is 5.56 Å². The molecule has 0 bridgehead atoms. The number of halogens is 1. The number of carbonyl (C=O) groups is 1. The van der Waals surface area contributed by atoms with Crippen LogP contribution in [0.5, 0.6) is 0 Å². The molecule has 18 heavy (non-hydrogen) atoms. The molecule has 0 aliphatic heterocycles. The summed E-state index contributed by atoms with van der Waals surface area (Å²) >= 11 is 0. The van der Waals surface area contributed by atoms with Gasteiger partial charge >= 0.3 is 5.97 Å². The summed E-state index contributed by atoms with van der Waals surface area (Å²) in [5.74, 6) is -1.09. The van der Waals surface area contributed by atoms with Crippen molar-refractivity contribution in [2.45, 2.75) is 31.3 Å². The van der Waals surface area contributed by atoms with Crippen LogP contribution in [0.3, 0.4) is 0 Å². The van der Waals surface area contributed by atoms with E-state index >= 15 is 0 Å². The van der Waals surface area contributed by atoms with Crippen molar-refractivity contribution in [3.05, 3.63) is 35.1 Å². The number of rotatable bonds is 3. The summed E-state index contributed by atoms with van der Waals surface area (Å²) in [5, 5.41) is 0. The summed E-state index contributed by atoms with van der Waals surface area (Å²) in [5.41, 5.74) is 0.496. The second-order valence-electron chi connectivity index (χ2n) is 4.91. The van der Waals surface area contributed by atoms with E-state index < -0.39 is 22.6 Å². The molecule has 1 unspecified atom stereocenters. The first kappa shape index (κ1) is 14.8. The average molecular weight is 272 g/mol. The van der Waals surface area contributed by atoms with Crippen molar-refractivity contribution >= 4 is 16.8 Å². The van der Waals surface area contributed by atoms with Gasteiger partial charge in [0.15, 0.2) is 0 Å². The minimum Gasteiger partial charge on any atom is -0.465 e. The Kier molecular flexibility index (Phi) is 4.62. The molecular formula is C13H17FO3S. The summed E-state index contributed by atoms with van der Waals surface area (Å²) in [4.78, 5) is 11.2. The molecule has 0 radical (unpaired) electrons. The highest BCUT2D eigenvalue weighted by Gasteiger charge is 2.20. The van der Waals surface area contributed by atoms with Crippen LogP contribution in [-0.2, 0) is 21.3 Å². The van der Waals surface area contributed by atoms with Crippen LogP contribution in [-0.4, -0.2) is 22.0 Å². The lowest BCUT2D eigenvalue weighted by atomic mass is 10.1. The van der Waals surface area contributed by atoms with Crippen LogP contribution in [0.4, 0.5) is 4.39 Å². The lowest BCUT2D eigenvalue weighted by Crippen LogP contribution is -2.23. The topological polar surface area (TPSA) is 43.4 Å². The SMILES string of the molecule is COC(=O)c1ccc(CS(=O)C(C)(C)C)cc1F. The summed E-state index contributed by atoms with van der Waals surface area (Å²) in [7, 11) is 0.100. The van der Waals surface area contributed by atoms with Crippen molar-refractivity contribution in [2.24, 2.45) is 0 Å². The summed E-state index contributed by atoms with van der Waals surface area (Å²) in [6.07, 6.45) is 0. The predicted molar refractivity (Wildman–Crippen MR) is 69.3 cm³/mol. The normalized spacial score (nSPS) is 13.2. The van der Waals surface area contributed by atoms with Crippen LogP contribution in [0.15, 0.2) is 18.2 Å². The maximum absolute atomic E-state index is 13.6. The van der Waals surface area contributed by atoms with Crippen molar-refractivity contribution in [1.29, 1.82) is 0 Å². The number of methoxy groups -OCH3 is 1. The third kappa shape index (κ3) is 3.63. The fourth-order valence-corrected chi connectivity index (χ4v) is 2.21. The highest BCUT2D eigenvalue weighted by atomic mass is 32.2. The van der Waals surface area contributed by atoms with E-state index in [1.54, 1.807) is 6.07 Å². The maximum atomic E-state index is 13.6. The second-order valence-corrected chi connectivity index (χ2v) is 7.11. The molecule has 3 nitrogen and oxygen atoms in total. The Bertz CT molecular complexity index is 478. The van der Waals surface area contributed by atoms with Crippen molar-refractivity contribution in [3.8, 4) is 0 Å². The summed E-state index contributed by atoms with van der Waals surface area (Å²) < 4.78 is 29.7. The number of hydrogen-bond donors (Lipinski definition) is 0. The molecule has 0 N–H and O–H groups in total. The minimum absolute atomic E-state index is 0.109. The highest BCUT2D eigenvalue weighted by molar-refractivity contribution is 7.85. The number of benzene rings is 1. The predicted octanol–water partition coefficient (Wildman–Crippen LogP) is 2.66. The first-order chi connectivity index (χ1) is 8.25. The van der Waals surface area contributed by atoms with Crippen molar-refractivity contribution in [3.63, 3.8) is 0 Å². The highest BCUT2D eigenvalue weighted by Crippen LogP contribution is 2.18. The van der Waals surface area contributed by atoms with Gasteiger partial charge in [-0.2, -0.15) is 0 Å². The Morgan fingerprint density at radius 3 is 2.44 bits per heavy atom. The first-order valence-electron chi connectivity index (χ1n) is 5.51. The molecule has 0 saturated carbocycles. The molecule has 0 saturated heterocycles. The Labute approximate surface area is 109 Å². The molecule has 1 aromatic carbocycles. The van der Waals surface area contributed by atoms with E-state index in [2.05, 4.69) is 4.74 Å². The lowest BCUT2D eigenvalue weighted by molar-refractivity contribution is 0.0595. The van der Waals surface area contributed by atoms with Crippen LogP contribution in [0.1, 0.15) is 36.7 Å². The maximum Gasteiger partial charge on any atom is 0.340 e. The molecule has 0 fully saturated rings. The molecule has 0 heterocycles. The van der Waals surface area contributed by atoms with Crippen molar-refractivity contribution < 1.29 is 18.1 Å². The van der Waals surface area contributed by atoms with E-state index in [0.717, 1.165) is 0 Å².